The van der Waals surface area contributed by atoms with Gasteiger partial charge in [-0.1, -0.05) is 23.2 Å². The lowest BCUT2D eigenvalue weighted by atomic mass is 10.1. The molecule has 6 heteroatoms. The Morgan fingerprint density at radius 1 is 1.32 bits per heavy atom. The molecule has 1 aliphatic rings. The first kappa shape index (κ1) is 17.2. The van der Waals surface area contributed by atoms with Crippen LogP contribution in [0.15, 0.2) is 40.5 Å². The molecule has 2 aromatic rings. The molecule has 1 unspecified atom stereocenters. The summed E-state index contributed by atoms with van der Waals surface area (Å²) in [6, 6.07) is 7.54. The smallest absolute Gasteiger partial charge is 0.145 e. The Labute approximate surface area is 145 Å². The Morgan fingerprint density at radius 3 is 2.86 bits per heavy atom. The van der Waals surface area contributed by atoms with Crippen molar-refractivity contribution in [3.63, 3.8) is 0 Å². The van der Waals surface area contributed by atoms with E-state index in [9.17, 15) is 0 Å². The number of hydrogen-bond acceptors (Lipinski definition) is 3. The lowest BCUT2D eigenvalue weighted by Gasteiger charge is -2.21. The summed E-state index contributed by atoms with van der Waals surface area (Å²) in [5.74, 6) is 1.61. The first-order valence-electron chi connectivity index (χ1n) is 6.71. The van der Waals surface area contributed by atoms with Gasteiger partial charge >= 0.3 is 0 Å². The van der Waals surface area contributed by atoms with E-state index in [0.29, 0.717) is 28.9 Å². The van der Waals surface area contributed by atoms with Gasteiger partial charge in [0.05, 0.1) is 17.3 Å². The van der Waals surface area contributed by atoms with Gasteiger partial charge in [-0.15, -0.1) is 12.4 Å². The predicted octanol–water partition coefficient (Wildman–Crippen LogP) is 5.13. The average molecular weight is 361 g/mol. The largest absolute Gasteiger partial charge is 0.487 e. The zero-order valence-electron chi connectivity index (χ0n) is 11.9. The van der Waals surface area contributed by atoms with Crippen molar-refractivity contribution in [2.24, 2.45) is 0 Å². The summed E-state index contributed by atoms with van der Waals surface area (Å²) in [6.07, 6.45) is 3.75. The molecule has 0 fully saturated rings. The molecule has 3 nitrogen and oxygen atoms in total. The summed E-state index contributed by atoms with van der Waals surface area (Å²) in [5, 5.41) is 4.56. The van der Waals surface area contributed by atoms with E-state index in [1.807, 2.05) is 18.2 Å². The van der Waals surface area contributed by atoms with Crippen LogP contribution >= 0.6 is 35.6 Å². The second kappa shape index (κ2) is 7.42. The Morgan fingerprint density at radius 2 is 2.14 bits per heavy atom. The molecule has 1 aliphatic heterocycles. The quantitative estimate of drug-likeness (QED) is 0.820. The number of rotatable bonds is 4. The molecular formula is C16H16Cl3NO2. The van der Waals surface area contributed by atoms with E-state index in [2.05, 4.69) is 18.3 Å². The van der Waals surface area contributed by atoms with Crippen molar-refractivity contribution in [2.45, 2.75) is 13.0 Å². The van der Waals surface area contributed by atoms with Gasteiger partial charge in [0.25, 0.3) is 0 Å². The molecule has 22 heavy (non-hydrogen) atoms. The van der Waals surface area contributed by atoms with Gasteiger partial charge in [-0.2, -0.15) is 0 Å². The van der Waals surface area contributed by atoms with Crippen LogP contribution in [0.1, 0.15) is 24.3 Å². The first-order valence-corrected chi connectivity index (χ1v) is 7.47. The molecule has 3 rings (SSSR count). The average Bonchev–Trinajstić information content (AvgIpc) is 2.98. The fourth-order valence-corrected chi connectivity index (χ4v) is 2.85. The summed E-state index contributed by atoms with van der Waals surface area (Å²) in [4.78, 5) is 0. The van der Waals surface area contributed by atoms with Crippen LogP contribution in [0, 0.1) is 0 Å². The third kappa shape index (κ3) is 3.79. The number of nitrogens with one attached hydrogen (secondary N) is 1. The molecule has 0 radical (unpaired) electrons. The van der Waals surface area contributed by atoms with Gasteiger partial charge in [0.1, 0.15) is 18.1 Å². The minimum Gasteiger partial charge on any atom is -0.487 e. The summed E-state index contributed by atoms with van der Waals surface area (Å²) in [7, 11) is 0. The van der Waals surface area contributed by atoms with Crippen LogP contribution in [0.5, 0.6) is 5.75 Å². The van der Waals surface area contributed by atoms with Crippen LogP contribution in [-0.4, -0.2) is 13.2 Å². The van der Waals surface area contributed by atoms with Gasteiger partial charge in [0, 0.05) is 17.1 Å². The lowest BCUT2D eigenvalue weighted by molar-refractivity contribution is 0.340. The van der Waals surface area contributed by atoms with Gasteiger partial charge in [-0.3, -0.25) is 0 Å². The van der Waals surface area contributed by atoms with Gasteiger partial charge in [0.15, 0.2) is 0 Å². The summed E-state index contributed by atoms with van der Waals surface area (Å²) in [5.41, 5.74) is 2.06. The standard InChI is InChI=1S/C16H15Cl2NO2.ClH/c1-10(15-3-2-4-20-15)19-8-11-5-12-6-13(17)7-14(18)16(12)21-9-11;/h2-7,10,19H,8-9H2,1H3;1H. The third-order valence-electron chi connectivity index (χ3n) is 3.40. The van der Waals surface area contributed by atoms with Gasteiger partial charge < -0.3 is 14.5 Å². The molecule has 0 amide bonds. The zero-order chi connectivity index (χ0) is 14.8. The van der Waals surface area contributed by atoms with E-state index >= 15 is 0 Å². The number of ether oxygens (including phenoxy) is 1. The van der Waals surface area contributed by atoms with Gasteiger partial charge in [-0.05, 0) is 42.8 Å². The van der Waals surface area contributed by atoms with Crippen LogP contribution in [0.3, 0.4) is 0 Å². The summed E-state index contributed by atoms with van der Waals surface area (Å²) in [6.45, 7) is 3.29. The minimum absolute atomic E-state index is 0. The highest BCUT2D eigenvalue weighted by atomic mass is 35.5. The van der Waals surface area contributed by atoms with E-state index in [1.54, 1.807) is 12.3 Å². The Balaban J connectivity index is 0.00000176. The maximum Gasteiger partial charge on any atom is 0.145 e. The van der Waals surface area contributed by atoms with Crippen LogP contribution in [-0.2, 0) is 0 Å². The van der Waals surface area contributed by atoms with Crippen molar-refractivity contribution in [1.29, 1.82) is 0 Å². The van der Waals surface area contributed by atoms with E-state index < -0.39 is 0 Å². The van der Waals surface area contributed by atoms with E-state index in [4.69, 9.17) is 32.4 Å². The van der Waals surface area contributed by atoms with E-state index in [1.165, 1.54) is 0 Å². The Kier molecular flexibility index (Phi) is 5.81. The highest BCUT2D eigenvalue weighted by Gasteiger charge is 2.16. The normalized spacial score (nSPS) is 14.4. The minimum atomic E-state index is 0. The Hall–Kier alpha value is -1.13. The van der Waals surface area contributed by atoms with E-state index in [-0.39, 0.29) is 18.4 Å². The van der Waals surface area contributed by atoms with Crippen LogP contribution in [0.25, 0.3) is 6.08 Å². The van der Waals surface area contributed by atoms with Crippen LogP contribution < -0.4 is 10.1 Å². The van der Waals surface area contributed by atoms with Crippen molar-refractivity contribution in [3.8, 4) is 5.75 Å². The molecular weight excluding hydrogens is 345 g/mol. The van der Waals surface area contributed by atoms with Crippen LogP contribution in [0.4, 0.5) is 0 Å². The van der Waals surface area contributed by atoms with Gasteiger partial charge in [-0.25, -0.2) is 0 Å². The molecule has 0 aliphatic carbocycles. The molecule has 118 valence electrons. The van der Waals surface area contributed by atoms with E-state index in [0.717, 1.165) is 16.9 Å². The molecule has 1 N–H and O–H groups in total. The zero-order valence-corrected chi connectivity index (χ0v) is 14.3. The van der Waals surface area contributed by atoms with Gasteiger partial charge in [0.2, 0.25) is 0 Å². The second-order valence-corrected chi connectivity index (χ2v) is 5.86. The van der Waals surface area contributed by atoms with Crippen molar-refractivity contribution >= 4 is 41.7 Å². The molecule has 2 heterocycles. The number of halogens is 3. The van der Waals surface area contributed by atoms with Crippen molar-refractivity contribution in [3.05, 3.63) is 57.5 Å². The first-order chi connectivity index (χ1) is 10.1. The molecule has 1 atom stereocenters. The fourth-order valence-electron chi connectivity index (χ4n) is 2.29. The molecule has 1 aromatic carbocycles. The maximum absolute atomic E-state index is 6.12. The molecule has 0 saturated heterocycles. The van der Waals surface area contributed by atoms with Crippen molar-refractivity contribution < 1.29 is 9.15 Å². The highest BCUT2D eigenvalue weighted by molar-refractivity contribution is 6.36. The number of furan rings is 1. The molecule has 0 saturated carbocycles. The van der Waals surface area contributed by atoms with Crippen molar-refractivity contribution in [1.82, 2.24) is 5.32 Å². The fraction of sp³-hybridized carbons (Fsp3) is 0.250. The second-order valence-electron chi connectivity index (χ2n) is 5.02. The summed E-state index contributed by atoms with van der Waals surface area (Å²) >= 11 is 12.2. The maximum atomic E-state index is 6.12. The number of fused-ring (bicyclic) bond motifs is 1. The third-order valence-corrected chi connectivity index (χ3v) is 3.90. The molecule has 0 bridgehead atoms. The predicted molar refractivity (Wildman–Crippen MR) is 92.3 cm³/mol. The monoisotopic (exact) mass is 359 g/mol. The molecule has 0 spiro atoms. The number of benzene rings is 1. The SMILES string of the molecule is CC(NCC1=Cc2cc(Cl)cc(Cl)c2OC1)c1ccco1.Cl. The lowest BCUT2D eigenvalue weighted by Crippen LogP contribution is -2.24. The van der Waals surface area contributed by atoms with Crippen molar-refractivity contribution in [2.75, 3.05) is 13.2 Å². The summed E-state index contributed by atoms with van der Waals surface area (Å²) < 4.78 is 11.1. The van der Waals surface area contributed by atoms with Crippen LogP contribution in [0.2, 0.25) is 10.0 Å². The number of hydrogen-bond donors (Lipinski definition) is 1. The Bertz CT molecular complexity index is 668. The molecule has 1 aromatic heterocycles. The topological polar surface area (TPSA) is 34.4 Å². The highest BCUT2D eigenvalue weighted by Crippen LogP contribution is 2.36.